The molecule has 0 radical (unpaired) electrons. The molecular weight excluding hydrogens is 254 g/mol. The molecule has 5 nitrogen and oxygen atoms in total. The summed E-state index contributed by atoms with van der Waals surface area (Å²) < 4.78 is 31.8. The van der Waals surface area contributed by atoms with Gasteiger partial charge in [0.2, 0.25) is 10.0 Å². The molecule has 1 aromatic rings. The number of hydrogen-bond acceptors (Lipinski definition) is 4. The van der Waals surface area contributed by atoms with Crippen molar-refractivity contribution in [2.75, 3.05) is 13.2 Å². The monoisotopic (exact) mass is 271 g/mol. The van der Waals surface area contributed by atoms with E-state index in [9.17, 15) is 13.5 Å². The Morgan fingerprint density at radius 3 is 2.78 bits per heavy atom. The van der Waals surface area contributed by atoms with E-state index < -0.39 is 10.0 Å². The third-order valence-electron chi connectivity index (χ3n) is 2.97. The van der Waals surface area contributed by atoms with Crippen LogP contribution < -0.4 is 0 Å². The lowest BCUT2D eigenvalue weighted by Gasteiger charge is -2.35. The number of phenolic OH excluding ortho intramolecular Hbond substituents is 1. The number of phenols is 1. The van der Waals surface area contributed by atoms with Crippen LogP contribution in [0.3, 0.4) is 0 Å². The molecule has 2 atom stereocenters. The first kappa shape index (κ1) is 13.3. The van der Waals surface area contributed by atoms with E-state index >= 15 is 0 Å². The zero-order chi connectivity index (χ0) is 13.3. The molecule has 100 valence electrons. The average molecular weight is 271 g/mol. The van der Waals surface area contributed by atoms with E-state index in [1.54, 1.807) is 0 Å². The fourth-order valence-electron chi connectivity index (χ4n) is 1.99. The first-order valence-electron chi connectivity index (χ1n) is 5.84. The van der Waals surface area contributed by atoms with Gasteiger partial charge in [-0.2, -0.15) is 4.31 Å². The van der Waals surface area contributed by atoms with Crippen molar-refractivity contribution in [1.82, 2.24) is 4.31 Å². The predicted molar refractivity (Wildman–Crippen MR) is 66.9 cm³/mol. The summed E-state index contributed by atoms with van der Waals surface area (Å²) >= 11 is 0. The van der Waals surface area contributed by atoms with E-state index in [4.69, 9.17) is 4.74 Å². The van der Waals surface area contributed by atoms with E-state index in [1.165, 1.54) is 28.6 Å². The Balaban J connectivity index is 2.35. The minimum Gasteiger partial charge on any atom is -0.508 e. The Hall–Kier alpha value is -1.11. The van der Waals surface area contributed by atoms with Crippen LogP contribution in [0.5, 0.6) is 5.75 Å². The van der Waals surface area contributed by atoms with Gasteiger partial charge in [-0.25, -0.2) is 8.42 Å². The zero-order valence-corrected chi connectivity index (χ0v) is 11.2. The van der Waals surface area contributed by atoms with E-state index in [0.717, 1.165) is 0 Å². The van der Waals surface area contributed by atoms with Gasteiger partial charge in [-0.1, -0.05) is 6.07 Å². The van der Waals surface area contributed by atoms with Crippen molar-refractivity contribution < 1.29 is 18.3 Å². The van der Waals surface area contributed by atoms with E-state index in [-0.39, 0.29) is 22.8 Å². The molecule has 1 N–H and O–H groups in total. The van der Waals surface area contributed by atoms with Gasteiger partial charge in [-0.3, -0.25) is 0 Å². The van der Waals surface area contributed by atoms with Crippen molar-refractivity contribution in [2.45, 2.75) is 30.9 Å². The second kappa shape index (κ2) is 4.87. The lowest BCUT2D eigenvalue weighted by atomic mass is 10.2. The summed E-state index contributed by atoms with van der Waals surface area (Å²) in [7, 11) is -3.57. The molecule has 1 aliphatic rings. The molecule has 0 spiro atoms. The lowest BCUT2D eigenvalue weighted by molar-refractivity contribution is -0.0170. The highest BCUT2D eigenvalue weighted by atomic mass is 32.2. The van der Waals surface area contributed by atoms with Crippen LogP contribution in [0, 0.1) is 0 Å². The van der Waals surface area contributed by atoms with E-state index in [1.807, 2.05) is 13.8 Å². The molecule has 1 saturated heterocycles. The molecule has 0 aliphatic carbocycles. The fraction of sp³-hybridized carbons (Fsp3) is 0.500. The molecule has 1 heterocycles. The third-order valence-corrected chi connectivity index (χ3v) is 4.95. The number of nitrogens with zero attached hydrogens (tertiary/aromatic N) is 1. The summed E-state index contributed by atoms with van der Waals surface area (Å²) in [6.45, 7) is 4.38. The Kier molecular flexibility index (Phi) is 3.61. The summed E-state index contributed by atoms with van der Waals surface area (Å²) in [4.78, 5) is 0.114. The smallest absolute Gasteiger partial charge is 0.243 e. The molecule has 0 aromatic heterocycles. The van der Waals surface area contributed by atoms with Gasteiger partial charge >= 0.3 is 0 Å². The number of morpholine rings is 1. The maximum atomic E-state index is 12.5. The highest BCUT2D eigenvalue weighted by Gasteiger charge is 2.34. The summed E-state index contributed by atoms with van der Waals surface area (Å²) in [6, 6.07) is 5.53. The summed E-state index contributed by atoms with van der Waals surface area (Å²) in [6.07, 6.45) is -0.117. The second-order valence-corrected chi connectivity index (χ2v) is 6.46. The lowest BCUT2D eigenvalue weighted by Crippen LogP contribution is -2.50. The maximum Gasteiger partial charge on any atom is 0.243 e. The van der Waals surface area contributed by atoms with Gasteiger partial charge in [0.1, 0.15) is 5.75 Å². The molecule has 2 rings (SSSR count). The number of aromatic hydroxyl groups is 1. The second-order valence-electron chi connectivity index (χ2n) is 4.57. The predicted octanol–water partition coefficient (Wildman–Crippen LogP) is 1.19. The number of hydrogen-bond donors (Lipinski definition) is 1. The Morgan fingerprint density at radius 2 is 2.11 bits per heavy atom. The zero-order valence-electron chi connectivity index (χ0n) is 10.4. The molecule has 0 bridgehead atoms. The molecule has 1 fully saturated rings. The minimum absolute atomic E-state index is 0.0509. The van der Waals surface area contributed by atoms with Gasteiger partial charge in [-0.05, 0) is 32.0 Å². The average Bonchev–Trinajstić information content (AvgIpc) is 2.32. The quantitative estimate of drug-likeness (QED) is 0.877. The molecule has 18 heavy (non-hydrogen) atoms. The summed E-state index contributed by atoms with van der Waals surface area (Å²) in [5, 5.41) is 9.38. The van der Waals surface area contributed by atoms with Crippen LogP contribution in [0.15, 0.2) is 29.2 Å². The molecule has 1 aromatic carbocycles. The maximum absolute atomic E-state index is 12.5. The van der Waals surface area contributed by atoms with Crippen LogP contribution >= 0.6 is 0 Å². The van der Waals surface area contributed by atoms with Crippen molar-refractivity contribution in [1.29, 1.82) is 0 Å². The highest BCUT2D eigenvalue weighted by molar-refractivity contribution is 7.89. The minimum atomic E-state index is -3.57. The molecular formula is C12H17NO4S. The van der Waals surface area contributed by atoms with Crippen LogP contribution in [-0.4, -0.2) is 43.1 Å². The molecule has 0 amide bonds. The van der Waals surface area contributed by atoms with E-state index in [2.05, 4.69) is 0 Å². The van der Waals surface area contributed by atoms with Gasteiger partial charge in [0.25, 0.3) is 0 Å². The number of benzene rings is 1. The number of ether oxygens (including phenoxy) is 1. The molecule has 1 aliphatic heterocycles. The first-order chi connectivity index (χ1) is 8.41. The summed E-state index contributed by atoms with van der Waals surface area (Å²) in [5.41, 5.74) is 0. The van der Waals surface area contributed by atoms with Gasteiger partial charge < -0.3 is 9.84 Å². The first-order valence-corrected chi connectivity index (χ1v) is 7.28. The van der Waals surface area contributed by atoms with Gasteiger partial charge in [0.05, 0.1) is 17.6 Å². The topological polar surface area (TPSA) is 66.8 Å². The van der Waals surface area contributed by atoms with Crippen molar-refractivity contribution in [3.8, 4) is 5.75 Å². The molecule has 6 heteroatoms. The largest absolute Gasteiger partial charge is 0.508 e. The number of sulfonamides is 1. The standard InChI is InChI=1S/C12H17NO4S/c1-9-8-17-10(2)7-13(9)18(15,16)12-5-3-4-11(14)6-12/h3-6,9-10,14H,7-8H2,1-2H3. The molecule has 0 saturated carbocycles. The van der Waals surface area contributed by atoms with Crippen LogP contribution in [-0.2, 0) is 14.8 Å². The number of rotatable bonds is 2. The van der Waals surface area contributed by atoms with Crippen molar-refractivity contribution in [3.63, 3.8) is 0 Å². The van der Waals surface area contributed by atoms with E-state index in [0.29, 0.717) is 13.2 Å². The van der Waals surface area contributed by atoms with Crippen LogP contribution in [0.4, 0.5) is 0 Å². The fourth-order valence-corrected chi connectivity index (χ4v) is 3.72. The molecule has 2 unspecified atom stereocenters. The van der Waals surface area contributed by atoms with Crippen molar-refractivity contribution in [2.24, 2.45) is 0 Å². The van der Waals surface area contributed by atoms with Crippen LogP contribution in [0.1, 0.15) is 13.8 Å². The SMILES string of the molecule is CC1CN(S(=O)(=O)c2cccc(O)c2)C(C)CO1. The highest BCUT2D eigenvalue weighted by Crippen LogP contribution is 2.24. The Morgan fingerprint density at radius 1 is 1.39 bits per heavy atom. The van der Waals surface area contributed by atoms with Gasteiger partial charge in [-0.15, -0.1) is 0 Å². The van der Waals surface area contributed by atoms with Gasteiger partial charge in [0.15, 0.2) is 0 Å². The van der Waals surface area contributed by atoms with Gasteiger partial charge in [0, 0.05) is 12.6 Å². The van der Waals surface area contributed by atoms with Crippen molar-refractivity contribution in [3.05, 3.63) is 24.3 Å². The summed E-state index contributed by atoms with van der Waals surface area (Å²) in [5.74, 6) is -0.0509. The van der Waals surface area contributed by atoms with Crippen LogP contribution in [0.25, 0.3) is 0 Å². The Labute approximate surface area is 107 Å². The van der Waals surface area contributed by atoms with Crippen molar-refractivity contribution >= 4 is 10.0 Å². The Bertz CT molecular complexity index is 529. The third kappa shape index (κ3) is 2.50. The van der Waals surface area contributed by atoms with Crippen LogP contribution in [0.2, 0.25) is 0 Å². The normalized spacial score (nSPS) is 26.1.